The largest absolute Gasteiger partial charge is 0.376 e. The van der Waals surface area contributed by atoms with Gasteiger partial charge in [-0.2, -0.15) is 0 Å². The third kappa shape index (κ3) is 3.22. The molecular formula is C13H24N2O3. The van der Waals surface area contributed by atoms with Crippen LogP contribution in [0.15, 0.2) is 0 Å². The molecule has 5 nitrogen and oxygen atoms in total. The van der Waals surface area contributed by atoms with Gasteiger partial charge in [0.05, 0.1) is 12.7 Å². The molecule has 0 aromatic carbocycles. The van der Waals surface area contributed by atoms with E-state index < -0.39 is 0 Å². The van der Waals surface area contributed by atoms with Crippen molar-refractivity contribution in [3.63, 3.8) is 0 Å². The molecule has 5 heteroatoms. The summed E-state index contributed by atoms with van der Waals surface area (Å²) in [5.74, 6) is 0.0703. The molecule has 0 aromatic heterocycles. The lowest BCUT2D eigenvalue weighted by molar-refractivity contribution is -0.145. The molecule has 0 aromatic rings. The predicted octanol–water partition coefficient (Wildman–Crippen LogP) is 0.520. The van der Waals surface area contributed by atoms with Crippen molar-refractivity contribution < 1.29 is 14.3 Å². The van der Waals surface area contributed by atoms with Gasteiger partial charge in [0.25, 0.3) is 5.91 Å². The van der Waals surface area contributed by atoms with E-state index in [0.717, 1.165) is 38.8 Å². The van der Waals surface area contributed by atoms with Gasteiger partial charge in [0.15, 0.2) is 0 Å². The van der Waals surface area contributed by atoms with E-state index >= 15 is 0 Å². The Morgan fingerprint density at radius 2 is 2.33 bits per heavy atom. The molecule has 2 rings (SSSR count). The Morgan fingerprint density at radius 3 is 3.00 bits per heavy atom. The van der Waals surface area contributed by atoms with E-state index in [-0.39, 0.29) is 24.2 Å². The molecule has 0 spiro atoms. The van der Waals surface area contributed by atoms with Crippen molar-refractivity contribution in [3.8, 4) is 0 Å². The molecule has 2 N–H and O–H groups in total. The normalized spacial score (nSPS) is 29.8. The molecule has 2 aliphatic rings. The molecule has 0 bridgehead atoms. The van der Waals surface area contributed by atoms with E-state index in [0.29, 0.717) is 13.2 Å². The number of carbonyl (C=O) groups is 1. The molecule has 3 unspecified atom stereocenters. The molecule has 1 amide bonds. The molecule has 2 aliphatic heterocycles. The first-order valence-electron chi connectivity index (χ1n) is 6.96. The molecule has 2 fully saturated rings. The van der Waals surface area contributed by atoms with Gasteiger partial charge in [-0.15, -0.1) is 0 Å². The summed E-state index contributed by atoms with van der Waals surface area (Å²) in [6, 6.07) is 0.200. The lowest BCUT2D eigenvalue weighted by atomic mass is 10.2. The molecular weight excluding hydrogens is 232 g/mol. The smallest absolute Gasteiger partial charge is 0.251 e. The van der Waals surface area contributed by atoms with Crippen LogP contribution in [-0.4, -0.2) is 55.4 Å². The van der Waals surface area contributed by atoms with Crippen LogP contribution in [0.3, 0.4) is 0 Å². The summed E-state index contributed by atoms with van der Waals surface area (Å²) in [5.41, 5.74) is 5.68. The van der Waals surface area contributed by atoms with Crippen LogP contribution in [0.5, 0.6) is 0 Å². The highest BCUT2D eigenvalue weighted by molar-refractivity contribution is 5.81. The van der Waals surface area contributed by atoms with Crippen molar-refractivity contribution in [2.75, 3.05) is 26.3 Å². The van der Waals surface area contributed by atoms with Crippen LogP contribution in [0.1, 0.15) is 32.6 Å². The lowest BCUT2D eigenvalue weighted by Gasteiger charge is -2.27. The minimum absolute atomic E-state index is 0.0703. The molecule has 0 aliphatic carbocycles. The van der Waals surface area contributed by atoms with Gasteiger partial charge >= 0.3 is 0 Å². The molecule has 104 valence electrons. The number of nitrogens with two attached hydrogens (primary N) is 1. The minimum Gasteiger partial charge on any atom is -0.376 e. The maximum Gasteiger partial charge on any atom is 0.251 e. The van der Waals surface area contributed by atoms with Gasteiger partial charge < -0.3 is 20.1 Å². The number of carbonyl (C=O) groups excluding carboxylic acids is 1. The van der Waals surface area contributed by atoms with Gasteiger partial charge in [-0.25, -0.2) is 0 Å². The van der Waals surface area contributed by atoms with Gasteiger partial charge in [-0.1, -0.05) is 0 Å². The van der Waals surface area contributed by atoms with E-state index in [1.54, 1.807) is 0 Å². The van der Waals surface area contributed by atoms with Crippen molar-refractivity contribution in [1.29, 1.82) is 0 Å². The zero-order valence-electron chi connectivity index (χ0n) is 11.1. The van der Waals surface area contributed by atoms with E-state index in [2.05, 4.69) is 0 Å². The van der Waals surface area contributed by atoms with Crippen LogP contribution >= 0.6 is 0 Å². The van der Waals surface area contributed by atoms with Gasteiger partial charge in [-0.05, 0) is 32.6 Å². The Kier molecular flexibility index (Phi) is 4.97. The fourth-order valence-corrected chi connectivity index (χ4v) is 2.70. The molecule has 18 heavy (non-hydrogen) atoms. The Bertz CT molecular complexity index is 279. The maximum absolute atomic E-state index is 12.2. The van der Waals surface area contributed by atoms with Crippen molar-refractivity contribution in [2.24, 2.45) is 5.73 Å². The summed E-state index contributed by atoms with van der Waals surface area (Å²) in [4.78, 5) is 14.1. The van der Waals surface area contributed by atoms with Crippen LogP contribution in [0.25, 0.3) is 0 Å². The second-order valence-electron chi connectivity index (χ2n) is 5.17. The number of nitrogens with zero attached hydrogens (tertiary/aromatic N) is 1. The zero-order chi connectivity index (χ0) is 13.0. The second-order valence-corrected chi connectivity index (χ2v) is 5.17. The Hall–Kier alpha value is -0.650. The maximum atomic E-state index is 12.2. The van der Waals surface area contributed by atoms with E-state index in [1.165, 1.54) is 0 Å². The first-order chi connectivity index (χ1) is 8.72. The zero-order valence-corrected chi connectivity index (χ0v) is 11.1. The van der Waals surface area contributed by atoms with Gasteiger partial charge in [0.1, 0.15) is 6.10 Å². The van der Waals surface area contributed by atoms with Crippen molar-refractivity contribution >= 4 is 5.91 Å². The molecule has 0 saturated carbocycles. The standard InChI is InChI=1S/C13H24N2O3/c1-10(18-9-12-5-3-7-17-12)13(16)15-6-2-4-11(15)8-14/h10-12H,2-9,14H2,1H3. The van der Waals surface area contributed by atoms with Gasteiger partial charge in [0.2, 0.25) is 0 Å². The summed E-state index contributed by atoms with van der Waals surface area (Å²) < 4.78 is 11.1. The number of rotatable bonds is 5. The van der Waals surface area contributed by atoms with Gasteiger partial charge in [0, 0.05) is 25.7 Å². The fraction of sp³-hybridized carbons (Fsp3) is 0.923. The molecule has 0 radical (unpaired) electrons. The summed E-state index contributed by atoms with van der Waals surface area (Å²) in [7, 11) is 0. The first-order valence-corrected chi connectivity index (χ1v) is 6.96. The minimum atomic E-state index is -0.388. The van der Waals surface area contributed by atoms with Crippen molar-refractivity contribution in [1.82, 2.24) is 4.90 Å². The first kappa shape index (κ1) is 13.8. The van der Waals surface area contributed by atoms with Crippen LogP contribution in [0.2, 0.25) is 0 Å². The molecule has 2 heterocycles. The topological polar surface area (TPSA) is 64.8 Å². The quantitative estimate of drug-likeness (QED) is 0.779. The summed E-state index contributed by atoms with van der Waals surface area (Å²) in [6.07, 6.45) is 3.98. The Morgan fingerprint density at radius 1 is 1.50 bits per heavy atom. The highest BCUT2D eigenvalue weighted by Crippen LogP contribution is 2.19. The predicted molar refractivity (Wildman–Crippen MR) is 68.2 cm³/mol. The number of hydrogen-bond acceptors (Lipinski definition) is 4. The Labute approximate surface area is 109 Å². The third-order valence-electron chi connectivity index (χ3n) is 3.84. The number of amides is 1. The highest BCUT2D eigenvalue weighted by Gasteiger charge is 2.31. The van der Waals surface area contributed by atoms with E-state index in [9.17, 15) is 4.79 Å². The molecule has 3 atom stereocenters. The Balaban J connectivity index is 1.76. The second kappa shape index (κ2) is 6.50. The lowest BCUT2D eigenvalue weighted by Crippen LogP contribution is -2.45. The van der Waals surface area contributed by atoms with Crippen LogP contribution in [0, 0.1) is 0 Å². The van der Waals surface area contributed by atoms with Crippen LogP contribution in [0.4, 0.5) is 0 Å². The van der Waals surface area contributed by atoms with Crippen LogP contribution in [-0.2, 0) is 14.3 Å². The van der Waals surface area contributed by atoms with Crippen molar-refractivity contribution in [2.45, 2.75) is 50.9 Å². The third-order valence-corrected chi connectivity index (χ3v) is 3.84. The average molecular weight is 256 g/mol. The average Bonchev–Trinajstić information content (AvgIpc) is 3.05. The summed E-state index contributed by atoms with van der Waals surface area (Å²) in [6.45, 7) is 4.52. The number of likely N-dealkylation sites (tertiary alicyclic amines) is 1. The van der Waals surface area contributed by atoms with E-state index in [1.807, 2.05) is 11.8 Å². The number of ether oxygens (including phenoxy) is 2. The van der Waals surface area contributed by atoms with E-state index in [4.69, 9.17) is 15.2 Å². The van der Waals surface area contributed by atoms with Crippen LogP contribution < -0.4 is 5.73 Å². The number of hydrogen-bond donors (Lipinski definition) is 1. The molecule has 2 saturated heterocycles. The SMILES string of the molecule is CC(OCC1CCCO1)C(=O)N1CCCC1CN. The highest BCUT2D eigenvalue weighted by atomic mass is 16.5. The fourth-order valence-electron chi connectivity index (χ4n) is 2.70. The summed E-state index contributed by atoms with van der Waals surface area (Å²) in [5, 5.41) is 0. The summed E-state index contributed by atoms with van der Waals surface area (Å²) >= 11 is 0. The van der Waals surface area contributed by atoms with Gasteiger partial charge in [-0.3, -0.25) is 4.79 Å². The monoisotopic (exact) mass is 256 g/mol. The van der Waals surface area contributed by atoms with Crippen molar-refractivity contribution in [3.05, 3.63) is 0 Å².